The molecule has 1 unspecified atom stereocenters. The third-order valence-corrected chi connectivity index (χ3v) is 3.95. The number of hydrogen-bond acceptors (Lipinski definition) is 4. The Bertz CT molecular complexity index is 592. The molecule has 2 heterocycles. The van der Waals surface area contributed by atoms with Gasteiger partial charge in [-0.3, -0.25) is 4.68 Å². The second-order valence-electron chi connectivity index (χ2n) is 5.16. The number of aryl methyl sites for hydroxylation is 3. The van der Waals surface area contributed by atoms with Crippen molar-refractivity contribution in [3.8, 4) is 5.75 Å². The summed E-state index contributed by atoms with van der Waals surface area (Å²) in [5, 5.41) is 7.97. The van der Waals surface area contributed by atoms with Gasteiger partial charge in [-0.05, 0) is 39.8 Å². The summed E-state index contributed by atoms with van der Waals surface area (Å²) in [5.74, 6) is 2.72. The molecule has 0 amide bonds. The van der Waals surface area contributed by atoms with Crippen molar-refractivity contribution in [3.05, 3.63) is 34.5 Å². The Labute approximate surface area is 126 Å². The molecular weight excluding hydrogens is 266 g/mol. The van der Waals surface area contributed by atoms with Crippen molar-refractivity contribution in [2.45, 2.75) is 47.2 Å². The maximum Gasteiger partial charge on any atom is 0.161 e. The fraction of sp³-hybridized carbons (Fsp3) is 0.562. The highest BCUT2D eigenvalue weighted by Gasteiger charge is 2.28. The van der Waals surface area contributed by atoms with Crippen LogP contribution in [0, 0.1) is 20.8 Å². The van der Waals surface area contributed by atoms with E-state index in [4.69, 9.17) is 9.15 Å². The SMILES string of the molecule is CCNC(c1c(C)oc(C)c1C)c1c(OC)cnn1CC. The Morgan fingerprint density at radius 3 is 2.48 bits per heavy atom. The van der Waals surface area contributed by atoms with Crippen molar-refractivity contribution in [2.75, 3.05) is 13.7 Å². The topological polar surface area (TPSA) is 52.2 Å². The second kappa shape index (κ2) is 6.35. The summed E-state index contributed by atoms with van der Waals surface area (Å²) in [6, 6.07) is 0.0184. The molecule has 0 saturated heterocycles. The zero-order chi connectivity index (χ0) is 15.6. The first-order valence-corrected chi connectivity index (χ1v) is 7.44. The molecule has 2 aromatic heterocycles. The van der Waals surface area contributed by atoms with Crippen LogP contribution in [0.5, 0.6) is 5.75 Å². The number of nitrogens with one attached hydrogen (secondary N) is 1. The van der Waals surface area contributed by atoms with E-state index in [1.165, 1.54) is 11.1 Å². The van der Waals surface area contributed by atoms with Crippen LogP contribution >= 0.6 is 0 Å². The van der Waals surface area contributed by atoms with Crippen molar-refractivity contribution in [3.63, 3.8) is 0 Å². The number of hydrogen-bond donors (Lipinski definition) is 1. The fourth-order valence-electron chi connectivity index (χ4n) is 2.85. The van der Waals surface area contributed by atoms with E-state index in [1.807, 2.05) is 18.5 Å². The largest absolute Gasteiger partial charge is 0.493 e. The van der Waals surface area contributed by atoms with Gasteiger partial charge in [0.2, 0.25) is 0 Å². The molecule has 5 nitrogen and oxygen atoms in total. The lowest BCUT2D eigenvalue weighted by Crippen LogP contribution is -2.26. The van der Waals surface area contributed by atoms with Crippen molar-refractivity contribution < 1.29 is 9.15 Å². The highest BCUT2D eigenvalue weighted by Crippen LogP contribution is 2.35. The summed E-state index contributed by atoms with van der Waals surface area (Å²) in [4.78, 5) is 0. The molecule has 0 aromatic carbocycles. The smallest absolute Gasteiger partial charge is 0.161 e. The third-order valence-electron chi connectivity index (χ3n) is 3.95. The first-order chi connectivity index (χ1) is 10.0. The quantitative estimate of drug-likeness (QED) is 0.888. The minimum atomic E-state index is 0.0184. The maximum atomic E-state index is 5.81. The molecule has 0 fully saturated rings. The van der Waals surface area contributed by atoms with Gasteiger partial charge >= 0.3 is 0 Å². The molecule has 2 rings (SSSR count). The molecule has 1 N–H and O–H groups in total. The van der Waals surface area contributed by atoms with E-state index < -0.39 is 0 Å². The number of rotatable bonds is 6. The maximum absolute atomic E-state index is 5.81. The van der Waals surface area contributed by atoms with E-state index in [2.05, 4.69) is 31.2 Å². The van der Waals surface area contributed by atoms with Crippen LogP contribution in [0.3, 0.4) is 0 Å². The molecule has 0 saturated carbocycles. The van der Waals surface area contributed by atoms with E-state index in [-0.39, 0.29) is 6.04 Å². The van der Waals surface area contributed by atoms with Crippen LogP contribution in [-0.4, -0.2) is 23.4 Å². The highest BCUT2D eigenvalue weighted by atomic mass is 16.5. The summed E-state index contributed by atoms with van der Waals surface area (Å²) in [6.07, 6.45) is 1.78. The molecule has 21 heavy (non-hydrogen) atoms. The lowest BCUT2D eigenvalue weighted by molar-refractivity contribution is 0.398. The lowest BCUT2D eigenvalue weighted by Gasteiger charge is -2.21. The van der Waals surface area contributed by atoms with Crippen molar-refractivity contribution in [1.29, 1.82) is 0 Å². The van der Waals surface area contributed by atoms with Crippen LogP contribution in [0.2, 0.25) is 0 Å². The van der Waals surface area contributed by atoms with Crippen LogP contribution in [0.25, 0.3) is 0 Å². The van der Waals surface area contributed by atoms with Crippen LogP contribution < -0.4 is 10.1 Å². The van der Waals surface area contributed by atoms with E-state index in [1.54, 1.807) is 13.3 Å². The Hall–Kier alpha value is -1.75. The van der Waals surface area contributed by atoms with Crippen LogP contribution in [0.15, 0.2) is 10.6 Å². The normalized spacial score (nSPS) is 12.7. The molecule has 0 bridgehead atoms. The molecule has 116 valence electrons. The van der Waals surface area contributed by atoms with Gasteiger partial charge in [-0.15, -0.1) is 0 Å². The summed E-state index contributed by atoms with van der Waals surface area (Å²) >= 11 is 0. The number of aromatic nitrogens is 2. The van der Waals surface area contributed by atoms with Gasteiger partial charge in [-0.1, -0.05) is 6.92 Å². The van der Waals surface area contributed by atoms with Crippen LogP contribution in [-0.2, 0) is 6.54 Å². The van der Waals surface area contributed by atoms with Gasteiger partial charge in [-0.2, -0.15) is 5.10 Å². The zero-order valence-electron chi connectivity index (χ0n) is 13.8. The first-order valence-electron chi connectivity index (χ1n) is 7.44. The monoisotopic (exact) mass is 291 g/mol. The Morgan fingerprint density at radius 1 is 1.29 bits per heavy atom. The molecule has 5 heteroatoms. The Morgan fingerprint density at radius 2 is 2.00 bits per heavy atom. The van der Waals surface area contributed by atoms with E-state index in [0.29, 0.717) is 0 Å². The van der Waals surface area contributed by atoms with Gasteiger partial charge in [-0.25, -0.2) is 0 Å². The van der Waals surface area contributed by atoms with Gasteiger partial charge in [0.1, 0.15) is 17.2 Å². The fourth-order valence-corrected chi connectivity index (χ4v) is 2.85. The second-order valence-corrected chi connectivity index (χ2v) is 5.16. The molecule has 0 radical (unpaired) electrons. The van der Waals surface area contributed by atoms with Crippen LogP contribution in [0.1, 0.15) is 48.2 Å². The molecule has 0 aliphatic carbocycles. The first kappa shape index (κ1) is 15.6. The van der Waals surface area contributed by atoms with Gasteiger partial charge < -0.3 is 14.5 Å². The molecule has 0 aliphatic rings. The van der Waals surface area contributed by atoms with Gasteiger partial charge in [0.05, 0.1) is 19.3 Å². The summed E-state index contributed by atoms with van der Waals surface area (Å²) in [6.45, 7) is 12.0. The van der Waals surface area contributed by atoms with Crippen molar-refractivity contribution in [2.24, 2.45) is 0 Å². The number of ether oxygens (including phenoxy) is 1. The molecule has 0 spiro atoms. The standard InChI is InChI=1S/C16H25N3O2/c1-7-17-15(14-10(3)11(4)21-12(14)5)16-13(20-6)9-18-19(16)8-2/h9,15,17H,7-8H2,1-6H3. The van der Waals surface area contributed by atoms with Crippen molar-refractivity contribution in [1.82, 2.24) is 15.1 Å². The zero-order valence-corrected chi connectivity index (χ0v) is 13.8. The predicted octanol–water partition coefficient (Wildman–Crippen LogP) is 3.13. The van der Waals surface area contributed by atoms with E-state index >= 15 is 0 Å². The van der Waals surface area contributed by atoms with E-state index in [0.717, 1.165) is 36.1 Å². The number of nitrogens with zero attached hydrogens (tertiary/aromatic N) is 2. The summed E-state index contributed by atoms with van der Waals surface area (Å²) < 4.78 is 13.3. The van der Waals surface area contributed by atoms with Gasteiger partial charge in [0, 0.05) is 12.1 Å². The highest BCUT2D eigenvalue weighted by molar-refractivity contribution is 5.43. The van der Waals surface area contributed by atoms with E-state index in [9.17, 15) is 0 Å². The molecule has 0 aliphatic heterocycles. The minimum absolute atomic E-state index is 0.0184. The average Bonchev–Trinajstić information content (AvgIpc) is 2.98. The minimum Gasteiger partial charge on any atom is -0.493 e. The average molecular weight is 291 g/mol. The molecule has 1 atom stereocenters. The van der Waals surface area contributed by atoms with Crippen molar-refractivity contribution >= 4 is 0 Å². The number of furan rings is 1. The third kappa shape index (κ3) is 2.70. The summed E-state index contributed by atoms with van der Waals surface area (Å²) in [5.41, 5.74) is 3.42. The predicted molar refractivity (Wildman–Crippen MR) is 82.9 cm³/mol. The molecule has 2 aromatic rings. The summed E-state index contributed by atoms with van der Waals surface area (Å²) in [7, 11) is 1.68. The van der Waals surface area contributed by atoms with Crippen LogP contribution in [0.4, 0.5) is 0 Å². The van der Waals surface area contributed by atoms with Gasteiger partial charge in [0.25, 0.3) is 0 Å². The Balaban J connectivity index is 2.61. The van der Waals surface area contributed by atoms with Gasteiger partial charge in [0.15, 0.2) is 5.75 Å². The Kier molecular flexibility index (Phi) is 4.73. The lowest BCUT2D eigenvalue weighted by atomic mass is 9.98. The number of methoxy groups -OCH3 is 1. The molecular formula is C16H25N3O2.